The van der Waals surface area contributed by atoms with Crippen LogP contribution in [-0.4, -0.2) is 53.4 Å². The fraction of sp³-hybridized carbons (Fsp3) is 0.556. The summed E-state index contributed by atoms with van der Waals surface area (Å²) in [6.07, 6.45) is 3.46. The lowest BCUT2D eigenvalue weighted by Gasteiger charge is -2.44. The van der Waals surface area contributed by atoms with Crippen LogP contribution in [0.2, 0.25) is 5.02 Å². The van der Waals surface area contributed by atoms with Crippen molar-refractivity contribution >= 4 is 35.0 Å². The fourth-order valence-electron chi connectivity index (χ4n) is 5.97. The number of aliphatic hydroxyl groups excluding tert-OH is 2. The van der Waals surface area contributed by atoms with Crippen LogP contribution in [0.1, 0.15) is 45.1 Å². The van der Waals surface area contributed by atoms with E-state index >= 15 is 4.39 Å². The maximum absolute atomic E-state index is 15.5. The molecule has 0 saturated carbocycles. The van der Waals surface area contributed by atoms with Gasteiger partial charge in [0.15, 0.2) is 0 Å². The van der Waals surface area contributed by atoms with Crippen LogP contribution in [0.5, 0.6) is 0 Å². The minimum absolute atomic E-state index is 0.0937. The Morgan fingerprint density at radius 3 is 2.62 bits per heavy atom. The first-order chi connectivity index (χ1) is 17.4. The van der Waals surface area contributed by atoms with Gasteiger partial charge in [-0.25, -0.2) is 4.39 Å². The van der Waals surface area contributed by atoms with Crippen molar-refractivity contribution in [3.05, 3.63) is 57.5 Å². The third kappa shape index (κ3) is 5.88. The number of carbonyl (C=O) groups is 2. The number of hydrogen-bond acceptors (Lipinski definition) is 5. The van der Waals surface area contributed by atoms with Crippen molar-refractivity contribution in [1.29, 1.82) is 0 Å². The molecule has 3 unspecified atom stereocenters. The molecule has 10 heteroatoms. The highest BCUT2D eigenvalue weighted by Crippen LogP contribution is 2.50. The van der Waals surface area contributed by atoms with Crippen LogP contribution >= 0.6 is 23.2 Å². The quantitative estimate of drug-likeness (QED) is 0.356. The van der Waals surface area contributed by atoms with Crippen molar-refractivity contribution in [3.8, 4) is 0 Å². The number of piperidine rings is 1. The van der Waals surface area contributed by atoms with Crippen molar-refractivity contribution in [2.75, 3.05) is 13.2 Å². The van der Waals surface area contributed by atoms with Gasteiger partial charge < -0.3 is 26.2 Å². The van der Waals surface area contributed by atoms with Gasteiger partial charge in [-0.1, -0.05) is 62.2 Å². The second-order valence-electron chi connectivity index (χ2n) is 11.4. The molecule has 4 rings (SSSR count). The highest BCUT2D eigenvalue weighted by Gasteiger charge is 2.55. The average molecular weight is 554 g/mol. The molecule has 1 aromatic rings. The topological polar surface area (TPSA) is 111 Å². The summed E-state index contributed by atoms with van der Waals surface area (Å²) < 4.78 is 15.5. The molecule has 2 aliphatic heterocycles. The Morgan fingerprint density at radius 2 is 1.95 bits per heavy atom. The fourth-order valence-corrected chi connectivity index (χ4v) is 6.41. The van der Waals surface area contributed by atoms with Crippen LogP contribution in [0.4, 0.5) is 4.39 Å². The van der Waals surface area contributed by atoms with Crippen LogP contribution < -0.4 is 16.0 Å². The number of allylic oxidation sites excluding steroid dienone is 3. The Bertz CT molecular complexity index is 1120. The molecule has 2 amide bonds. The summed E-state index contributed by atoms with van der Waals surface area (Å²) in [7, 11) is 0. The molecule has 7 nitrogen and oxygen atoms in total. The van der Waals surface area contributed by atoms with Gasteiger partial charge in [-0.3, -0.25) is 9.59 Å². The molecule has 0 aromatic heterocycles. The van der Waals surface area contributed by atoms with E-state index < -0.39 is 42.3 Å². The van der Waals surface area contributed by atoms with Crippen LogP contribution in [0.15, 0.2) is 41.1 Å². The summed E-state index contributed by atoms with van der Waals surface area (Å²) >= 11 is 12.6. The smallest absolute Gasteiger partial charge is 0.237 e. The zero-order valence-corrected chi connectivity index (χ0v) is 22.6. The zero-order chi connectivity index (χ0) is 27.1. The van der Waals surface area contributed by atoms with E-state index in [0.29, 0.717) is 17.2 Å². The number of aliphatic hydroxyl groups is 2. The molecule has 37 heavy (non-hydrogen) atoms. The summed E-state index contributed by atoms with van der Waals surface area (Å²) in [5, 5.41) is 28.6. The molecule has 2 saturated heterocycles. The first kappa shape index (κ1) is 28.0. The Balaban J connectivity index is 1.84. The molecular weight excluding hydrogens is 520 g/mol. The minimum atomic E-state index is -0.973. The van der Waals surface area contributed by atoms with Gasteiger partial charge in [0, 0.05) is 41.1 Å². The maximum atomic E-state index is 15.5. The monoisotopic (exact) mass is 553 g/mol. The van der Waals surface area contributed by atoms with Crippen LogP contribution in [-0.2, 0) is 9.59 Å². The zero-order valence-electron chi connectivity index (χ0n) is 21.1. The van der Waals surface area contributed by atoms with Gasteiger partial charge in [-0.05, 0) is 36.0 Å². The average Bonchev–Trinajstić information content (AvgIpc) is 2.90. The number of benzene rings is 1. The van der Waals surface area contributed by atoms with E-state index in [-0.39, 0.29) is 52.8 Å². The van der Waals surface area contributed by atoms with Crippen molar-refractivity contribution in [1.82, 2.24) is 16.0 Å². The van der Waals surface area contributed by atoms with Gasteiger partial charge in [0.05, 0.1) is 29.7 Å². The van der Waals surface area contributed by atoms with Crippen LogP contribution in [0, 0.1) is 29.0 Å². The van der Waals surface area contributed by atoms with E-state index in [4.69, 9.17) is 28.3 Å². The van der Waals surface area contributed by atoms with Gasteiger partial charge >= 0.3 is 0 Å². The van der Waals surface area contributed by atoms with Gasteiger partial charge in [-0.2, -0.15) is 0 Å². The molecule has 2 heterocycles. The van der Waals surface area contributed by atoms with Crippen molar-refractivity contribution in [2.24, 2.45) is 23.2 Å². The highest BCUT2D eigenvalue weighted by atomic mass is 35.5. The van der Waals surface area contributed by atoms with Gasteiger partial charge in [0.2, 0.25) is 11.8 Å². The maximum Gasteiger partial charge on any atom is 0.237 e. The van der Waals surface area contributed by atoms with E-state index in [1.807, 2.05) is 6.08 Å². The molecule has 0 spiro atoms. The number of rotatable bonds is 7. The first-order valence-electron chi connectivity index (χ1n) is 12.6. The second-order valence-corrected chi connectivity index (χ2v) is 12.2. The summed E-state index contributed by atoms with van der Waals surface area (Å²) in [4.78, 5) is 27.3. The lowest BCUT2D eigenvalue weighted by molar-refractivity contribution is -0.129. The first-order valence-corrected chi connectivity index (χ1v) is 13.3. The molecule has 2 fully saturated rings. The largest absolute Gasteiger partial charge is 0.394 e. The summed E-state index contributed by atoms with van der Waals surface area (Å²) in [5.41, 5.74) is 0.746. The summed E-state index contributed by atoms with van der Waals surface area (Å²) in [6, 6.07) is 3.40. The minimum Gasteiger partial charge on any atom is -0.394 e. The van der Waals surface area contributed by atoms with Crippen molar-refractivity contribution in [3.63, 3.8) is 0 Å². The summed E-state index contributed by atoms with van der Waals surface area (Å²) in [5.74, 6) is -3.62. The van der Waals surface area contributed by atoms with Crippen molar-refractivity contribution in [2.45, 2.75) is 57.7 Å². The van der Waals surface area contributed by atoms with E-state index in [0.717, 1.165) is 0 Å². The molecule has 202 valence electrons. The standard InChI is InChI=1S/C27H34Cl2FN3O4/c1-27(2,3)11-19-20-16-9-13(28)10-18(20)33-25(36)22(16)21(15-5-4-6-17(29)23(15)30)24(32-19)26(37)31-8-7-14(35)12-34/h4-6,9-10,14,16,19-22,24,32,34-35H,7-8,11-12H2,1-3H3,(H,31,37)(H,33,36)/t14-,16?,19+,20?,21+,22?,24+/m0/s1. The lowest BCUT2D eigenvalue weighted by atomic mass is 9.64. The molecule has 4 bridgehead atoms. The normalized spacial score (nSPS) is 30.0. The SMILES string of the molecule is CC(C)(C)C[C@H]1N[C@@H](C(=O)NCC[C@H](O)CO)[C@H](c2cccc(Cl)c2F)C2C(=O)NC3=CC(Cl)=CC2C31. The van der Waals surface area contributed by atoms with Gasteiger partial charge in [0.25, 0.3) is 0 Å². The molecule has 0 radical (unpaired) electrons. The van der Waals surface area contributed by atoms with Crippen molar-refractivity contribution < 1.29 is 24.2 Å². The van der Waals surface area contributed by atoms with E-state index in [2.05, 4.69) is 36.7 Å². The Labute approximate surface area is 226 Å². The second kappa shape index (κ2) is 11.0. The molecule has 1 aliphatic carbocycles. The molecule has 7 atom stereocenters. The Kier molecular flexibility index (Phi) is 8.36. The number of carbonyl (C=O) groups excluding carboxylic acids is 2. The highest BCUT2D eigenvalue weighted by molar-refractivity contribution is 6.31. The Morgan fingerprint density at radius 1 is 1.22 bits per heavy atom. The summed E-state index contributed by atoms with van der Waals surface area (Å²) in [6.45, 7) is 5.99. The number of halogens is 3. The number of nitrogens with one attached hydrogen (secondary N) is 3. The Hall–Kier alpha value is -1.97. The van der Waals surface area contributed by atoms with E-state index in [1.54, 1.807) is 18.2 Å². The molecule has 5 N–H and O–H groups in total. The third-order valence-corrected chi connectivity index (χ3v) is 7.95. The van der Waals surface area contributed by atoms with Gasteiger partial charge in [-0.15, -0.1) is 0 Å². The molecular formula is C27H34Cl2FN3O4. The lowest BCUT2D eigenvalue weighted by Crippen LogP contribution is -2.53. The predicted molar refractivity (Wildman–Crippen MR) is 140 cm³/mol. The number of hydrogen-bond donors (Lipinski definition) is 5. The van der Waals surface area contributed by atoms with E-state index in [9.17, 15) is 14.7 Å². The number of amides is 2. The van der Waals surface area contributed by atoms with Crippen LogP contribution in [0.25, 0.3) is 0 Å². The van der Waals surface area contributed by atoms with E-state index in [1.165, 1.54) is 6.07 Å². The molecule has 3 aliphatic rings. The van der Waals surface area contributed by atoms with Gasteiger partial charge in [0.1, 0.15) is 5.82 Å². The predicted octanol–water partition coefficient (Wildman–Crippen LogP) is 3.20. The van der Waals surface area contributed by atoms with Crippen LogP contribution in [0.3, 0.4) is 0 Å². The molecule has 1 aromatic carbocycles. The third-order valence-electron chi connectivity index (χ3n) is 7.42.